The minimum atomic E-state index is -0.167. The molecule has 1 aromatic carbocycles. The lowest BCUT2D eigenvalue weighted by molar-refractivity contribution is 0.199. The van der Waals surface area contributed by atoms with Crippen molar-refractivity contribution in [1.29, 1.82) is 0 Å². The highest BCUT2D eigenvalue weighted by Gasteiger charge is 2.22. The van der Waals surface area contributed by atoms with E-state index in [9.17, 15) is 4.39 Å². The maximum absolute atomic E-state index is 13.4. The van der Waals surface area contributed by atoms with Crippen molar-refractivity contribution in [3.63, 3.8) is 0 Å². The molecule has 0 radical (unpaired) electrons. The zero-order chi connectivity index (χ0) is 13.7. The standard InChI is InChI=1S/C15H23FN2O/c1-12-4-3-8-18(12)15-6-5-14(16)10-13(15)11-17-7-9-19-2/h5-6,10,12,17H,3-4,7-9,11H2,1-2H3. The van der Waals surface area contributed by atoms with Gasteiger partial charge in [-0.3, -0.25) is 0 Å². The molecule has 0 amide bonds. The Kier molecular flexibility index (Phi) is 5.16. The molecule has 1 saturated heterocycles. The lowest BCUT2D eigenvalue weighted by Crippen LogP contribution is -2.28. The van der Waals surface area contributed by atoms with E-state index in [-0.39, 0.29) is 5.82 Å². The minimum absolute atomic E-state index is 0.167. The van der Waals surface area contributed by atoms with E-state index in [2.05, 4.69) is 17.1 Å². The minimum Gasteiger partial charge on any atom is -0.383 e. The van der Waals surface area contributed by atoms with Crippen molar-refractivity contribution in [1.82, 2.24) is 5.32 Å². The summed E-state index contributed by atoms with van der Waals surface area (Å²) in [5, 5.41) is 3.29. The van der Waals surface area contributed by atoms with Gasteiger partial charge < -0.3 is 15.0 Å². The second-order valence-corrected chi connectivity index (χ2v) is 5.13. The number of nitrogens with one attached hydrogen (secondary N) is 1. The van der Waals surface area contributed by atoms with Crippen molar-refractivity contribution in [2.24, 2.45) is 0 Å². The Balaban J connectivity index is 2.08. The van der Waals surface area contributed by atoms with Crippen molar-refractivity contribution in [3.8, 4) is 0 Å². The highest BCUT2D eigenvalue weighted by molar-refractivity contribution is 5.55. The molecule has 1 fully saturated rings. The predicted octanol–water partition coefficient (Wildman–Crippen LogP) is 2.55. The number of halogens is 1. The highest BCUT2D eigenvalue weighted by atomic mass is 19.1. The number of anilines is 1. The van der Waals surface area contributed by atoms with Gasteiger partial charge in [0.25, 0.3) is 0 Å². The lowest BCUT2D eigenvalue weighted by Gasteiger charge is -2.26. The molecule has 0 bridgehead atoms. The van der Waals surface area contributed by atoms with Gasteiger partial charge in [-0.25, -0.2) is 4.39 Å². The molecule has 1 aromatic rings. The molecule has 0 aliphatic carbocycles. The van der Waals surface area contributed by atoms with Crippen LogP contribution in [0.1, 0.15) is 25.3 Å². The van der Waals surface area contributed by atoms with Crippen LogP contribution in [0.4, 0.5) is 10.1 Å². The summed E-state index contributed by atoms with van der Waals surface area (Å²) in [7, 11) is 1.68. The van der Waals surface area contributed by atoms with E-state index in [1.807, 2.05) is 6.07 Å². The van der Waals surface area contributed by atoms with Gasteiger partial charge in [-0.1, -0.05) is 0 Å². The van der Waals surface area contributed by atoms with E-state index >= 15 is 0 Å². The molecule has 106 valence electrons. The fraction of sp³-hybridized carbons (Fsp3) is 0.600. The summed E-state index contributed by atoms with van der Waals surface area (Å²) < 4.78 is 18.4. The first-order valence-corrected chi connectivity index (χ1v) is 6.97. The van der Waals surface area contributed by atoms with Crippen molar-refractivity contribution in [3.05, 3.63) is 29.6 Å². The third-order valence-electron chi connectivity index (χ3n) is 3.70. The van der Waals surface area contributed by atoms with Crippen molar-refractivity contribution in [2.75, 3.05) is 31.7 Å². The average Bonchev–Trinajstić information content (AvgIpc) is 2.81. The molecular formula is C15H23FN2O. The number of rotatable bonds is 6. The van der Waals surface area contributed by atoms with Crippen LogP contribution < -0.4 is 10.2 Å². The fourth-order valence-electron chi connectivity index (χ4n) is 2.66. The largest absolute Gasteiger partial charge is 0.383 e. The average molecular weight is 266 g/mol. The van der Waals surface area contributed by atoms with Crippen molar-refractivity contribution >= 4 is 5.69 Å². The first-order valence-electron chi connectivity index (χ1n) is 6.97. The van der Waals surface area contributed by atoms with Gasteiger partial charge in [0, 0.05) is 38.5 Å². The molecule has 1 aliphatic heterocycles. The molecule has 0 aromatic heterocycles. The van der Waals surface area contributed by atoms with E-state index in [0.717, 1.165) is 24.3 Å². The van der Waals surface area contributed by atoms with Crippen LogP contribution in [0.3, 0.4) is 0 Å². The normalized spacial score (nSPS) is 19.1. The van der Waals surface area contributed by atoms with Crippen LogP contribution in [-0.2, 0) is 11.3 Å². The first kappa shape index (κ1) is 14.3. The van der Waals surface area contributed by atoms with Gasteiger partial charge in [0.15, 0.2) is 0 Å². The second kappa shape index (κ2) is 6.87. The second-order valence-electron chi connectivity index (χ2n) is 5.13. The zero-order valence-corrected chi connectivity index (χ0v) is 11.8. The summed E-state index contributed by atoms with van der Waals surface area (Å²) in [6, 6.07) is 5.65. The monoisotopic (exact) mass is 266 g/mol. The summed E-state index contributed by atoms with van der Waals surface area (Å²) in [6.45, 7) is 5.43. The maximum Gasteiger partial charge on any atom is 0.123 e. The Labute approximate surface area is 114 Å². The Morgan fingerprint density at radius 2 is 2.32 bits per heavy atom. The molecule has 2 rings (SSSR count). The molecule has 1 heterocycles. The molecule has 1 aliphatic rings. The zero-order valence-electron chi connectivity index (χ0n) is 11.8. The SMILES string of the molecule is COCCNCc1cc(F)ccc1N1CCCC1C. The molecular weight excluding hydrogens is 243 g/mol. The Morgan fingerprint density at radius 1 is 1.47 bits per heavy atom. The summed E-state index contributed by atoms with van der Waals surface area (Å²) in [5.41, 5.74) is 2.20. The van der Waals surface area contributed by atoms with Crippen LogP contribution in [0.2, 0.25) is 0 Å². The molecule has 0 spiro atoms. The molecule has 0 saturated carbocycles. The van der Waals surface area contributed by atoms with Gasteiger partial charge in [0.2, 0.25) is 0 Å². The fourth-order valence-corrected chi connectivity index (χ4v) is 2.66. The van der Waals surface area contributed by atoms with E-state index in [0.29, 0.717) is 19.2 Å². The van der Waals surface area contributed by atoms with E-state index < -0.39 is 0 Å². The van der Waals surface area contributed by atoms with Crippen LogP contribution >= 0.6 is 0 Å². The summed E-state index contributed by atoms with van der Waals surface area (Å²) in [6.07, 6.45) is 2.43. The number of methoxy groups -OCH3 is 1. The number of hydrogen-bond acceptors (Lipinski definition) is 3. The Morgan fingerprint density at radius 3 is 3.00 bits per heavy atom. The van der Waals surface area contributed by atoms with Gasteiger partial charge >= 0.3 is 0 Å². The number of nitrogens with zero attached hydrogens (tertiary/aromatic N) is 1. The molecule has 1 atom stereocenters. The first-order chi connectivity index (χ1) is 9.22. The van der Waals surface area contributed by atoms with Crippen molar-refractivity contribution < 1.29 is 9.13 Å². The Hall–Kier alpha value is -1.13. The topological polar surface area (TPSA) is 24.5 Å². The van der Waals surface area contributed by atoms with Crippen LogP contribution in [-0.4, -0.2) is 32.8 Å². The molecule has 1 unspecified atom stereocenters. The maximum atomic E-state index is 13.4. The quantitative estimate of drug-likeness (QED) is 0.801. The van der Waals surface area contributed by atoms with E-state index in [1.165, 1.54) is 12.8 Å². The number of hydrogen-bond donors (Lipinski definition) is 1. The van der Waals surface area contributed by atoms with Crippen LogP contribution in [0.15, 0.2) is 18.2 Å². The third kappa shape index (κ3) is 3.67. The summed E-state index contributed by atoms with van der Waals surface area (Å²) in [4.78, 5) is 2.38. The molecule has 4 heteroatoms. The number of benzene rings is 1. The van der Waals surface area contributed by atoms with E-state index in [4.69, 9.17) is 4.74 Å². The van der Waals surface area contributed by atoms with Gasteiger partial charge in [0.1, 0.15) is 5.82 Å². The smallest absolute Gasteiger partial charge is 0.123 e. The van der Waals surface area contributed by atoms with Crippen molar-refractivity contribution in [2.45, 2.75) is 32.4 Å². The Bertz CT molecular complexity index is 411. The van der Waals surface area contributed by atoms with E-state index in [1.54, 1.807) is 19.2 Å². The van der Waals surface area contributed by atoms with Crippen LogP contribution in [0.25, 0.3) is 0 Å². The molecule has 3 nitrogen and oxygen atoms in total. The van der Waals surface area contributed by atoms with Crippen LogP contribution in [0, 0.1) is 5.82 Å². The predicted molar refractivity (Wildman–Crippen MR) is 76.0 cm³/mol. The number of ether oxygens (including phenoxy) is 1. The summed E-state index contributed by atoms with van der Waals surface area (Å²) >= 11 is 0. The van der Waals surface area contributed by atoms with Crippen LogP contribution in [0.5, 0.6) is 0 Å². The van der Waals surface area contributed by atoms with Gasteiger partial charge in [0.05, 0.1) is 6.61 Å². The molecule has 19 heavy (non-hydrogen) atoms. The molecule has 1 N–H and O–H groups in total. The highest BCUT2D eigenvalue weighted by Crippen LogP contribution is 2.29. The van der Waals surface area contributed by atoms with Gasteiger partial charge in [-0.05, 0) is 43.5 Å². The lowest BCUT2D eigenvalue weighted by atomic mass is 10.1. The van der Waals surface area contributed by atoms with Gasteiger partial charge in [-0.15, -0.1) is 0 Å². The third-order valence-corrected chi connectivity index (χ3v) is 3.70. The van der Waals surface area contributed by atoms with Gasteiger partial charge in [-0.2, -0.15) is 0 Å². The summed E-state index contributed by atoms with van der Waals surface area (Å²) in [5.74, 6) is -0.167.